The van der Waals surface area contributed by atoms with Gasteiger partial charge in [0.2, 0.25) is 0 Å². The largest absolute Gasteiger partial charge is 0.427 e. The molecular formula is C19H54O5Si3. The molecule has 0 aromatic carbocycles. The molecule has 1 N–H and O–H groups in total. The van der Waals surface area contributed by atoms with Crippen LogP contribution in [-0.2, 0) is 18.3 Å². The third-order valence-electron chi connectivity index (χ3n) is 3.39. The van der Waals surface area contributed by atoms with Crippen LogP contribution >= 0.6 is 0 Å². The van der Waals surface area contributed by atoms with Crippen molar-refractivity contribution in [2.24, 2.45) is 0 Å². The molecule has 0 heterocycles. The number of hydrogen-bond donors (Lipinski definition) is 1. The highest BCUT2D eigenvalue weighted by molar-refractivity contribution is 6.71. The Bertz CT molecular complexity index is 216. The van der Waals surface area contributed by atoms with Crippen molar-refractivity contribution in [2.75, 3.05) is 47.3 Å². The van der Waals surface area contributed by atoms with Gasteiger partial charge >= 0.3 is 0 Å². The van der Waals surface area contributed by atoms with Crippen molar-refractivity contribution >= 4 is 27.6 Å². The van der Waals surface area contributed by atoms with E-state index in [2.05, 4.69) is 37.5 Å². The summed E-state index contributed by atoms with van der Waals surface area (Å²) in [7, 11) is 2.41. The summed E-state index contributed by atoms with van der Waals surface area (Å²) in [5, 5.41) is 8.31. The highest BCUT2D eigenvalue weighted by Gasteiger charge is 2.19. The van der Waals surface area contributed by atoms with Gasteiger partial charge in [-0.2, -0.15) is 0 Å². The SMILES string of the molecule is C.C.CCCOCCC[Si](C)(C)OC.CO[SiH2]C.C[SiH2]CCCOCCO. The van der Waals surface area contributed by atoms with Crippen molar-refractivity contribution in [1.82, 2.24) is 0 Å². The zero-order valence-corrected chi connectivity index (χ0v) is 21.9. The Morgan fingerprint density at radius 1 is 0.889 bits per heavy atom. The molecule has 0 radical (unpaired) electrons. The molecular weight excluding hydrogens is 392 g/mol. The molecule has 172 valence electrons. The topological polar surface area (TPSA) is 57.2 Å². The van der Waals surface area contributed by atoms with Crippen LogP contribution in [0.4, 0.5) is 0 Å². The Labute approximate surface area is 177 Å². The summed E-state index contributed by atoms with van der Waals surface area (Å²) in [5.74, 6) is 0. The van der Waals surface area contributed by atoms with Crippen molar-refractivity contribution in [2.45, 2.75) is 79.3 Å². The third-order valence-corrected chi connectivity index (χ3v) is 7.83. The van der Waals surface area contributed by atoms with Gasteiger partial charge in [-0.25, -0.2) is 0 Å². The lowest BCUT2D eigenvalue weighted by molar-refractivity contribution is 0.0928. The average Bonchev–Trinajstić information content (AvgIpc) is 2.62. The van der Waals surface area contributed by atoms with Crippen molar-refractivity contribution in [3.8, 4) is 0 Å². The van der Waals surface area contributed by atoms with Crippen LogP contribution in [0.5, 0.6) is 0 Å². The molecule has 0 aliphatic rings. The molecule has 0 saturated heterocycles. The number of rotatable bonds is 14. The van der Waals surface area contributed by atoms with E-state index in [1.807, 2.05) is 7.11 Å². The minimum atomic E-state index is -1.32. The van der Waals surface area contributed by atoms with Gasteiger partial charge < -0.3 is 23.4 Å². The molecule has 0 saturated carbocycles. The Kier molecular flexibility index (Phi) is 48.0. The summed E-state index contributed by atoms with van der Waals surface area (Å²) in [4.78, 5) is 0. The van der Waals surface area contributed by atoms with Gasteiger partial charge in [-0.05, 0) is 38.4 Å². The lowest BCUT2D eigenvalue weighted by Crippen LogP contribution is -2.28. The molecule has 0 rings (SSSR count). The maximum absolute atomic E-state index is 8.31. The van der Waals surface area contributed by atoms with Gasteiger partial charge in [-0.3, -0.25) is 0 Å². The van der Waals surface area contributed by atoms with Gasteiger partial charge in [-0.15, -0.1) is 0 Å². The molecule has 0 spiro atoms. The van der Waals surface area contributed by atoms with Crippen LogP contribution in [0.25, 0.3) is 0 Å². The second-order valence-corrected chi connectivity index (χ2v) is 13.6. The van der Waals surface area contributed by atoms with Crippen LogP contribution < -0.4 is 0 Å². The van der Waals surface area contributed by atoms with E-state index in [1.165, 1.54) is 18.5 Å². The first-order valence-electron chi connectivity index (χ1n) is 9.76. The van der Waals surface area contributed by atoms with Gasteiger partial charge in [0.1, 0.15) is 0 Å². The van der Waals surface area contributed by atoms with E-state index in [9.17, 15) is 0 Å². The van der Waals surface area contributed by atoms with Gasteiger partial charge in [0, 0.05) is 43.6 Å². The fourth-order valence-corrected chi connectivity index (χ4v) is 3.47. The van der Waals surface area contributed by atoms with Crippen molar-refractivity contribution in [3.05, 3.63) is 0 Å². The van der Waals surface area contributed by atoms with Gasteiger partial charge in [-0.1, -0.05) is 40.9 Å². The Balaban J connectivity index is -0.0000000959. The second kappa shape index (κ2) is 34.0. The molecule has 27 heavy (non-hydrogen) atoms. The van der Waals surface area contributed by atoms with Crippen LogP contribution in [0, 0.1) is 0 Å². The highest BCUT2D eigenvalue weighted by atomic mass is 28.4. The minimum absolute atomic E-state index is 0. The number of ether oxygens (including phenoxy) is 2. The van der Waals surface area contributed by atoms with E-state index in [-0.39, 0.29) is 40.7 Å². The molecule has 0 bridgehead atoms. The standard InChI is InChI=1S/C9H22O2Si.C6H16O2Si.C2H8OSi.2CH4/c1-5-7-11-8-6-9-12(3,4)10-2;1-9-6-2-4-8-5-3-7;1-3-4-2;;/h5-9H2,1-4H3;7H,2-6,9H2,1H3;4H2,1-2H3;2*1H4. The third kappa shape index (κ3) is 46.5. The summed E-state index contributed by atoms with van der Waals surface area (Å²) in [6.07, 6.45) is 3.45. The van der Waals surface area contributed by atoms with Crippen molar-refractivity contribution in [1.29, 1.82) is 0 Å². The first kappa shape index (κ1) is 38.1. The van der Waals surface area contributed by atoms with Crippen LogP contribution in [-0.4, -0.2) is 80.0 Å². The molecule has 0 aliphatic carbocycles. The number of aliphatic hydroxyl groups excluding tert-OH is 1. The van der Waals surface area contributed by atoms with E-state index in [1.54, 1.807) is 7.11 Å². The highest BCUT2D eigenvalue weighted by Crippen LogP contribution is 2.11. The van der Waals surface area contributed by atoms with Crippen molar-refractivity contribution < 1.29 is 23.4 Å². The molecule has 0 atom stereocenters. The van der Waals surface area contributed by atoms with Gasteiger partial charge in [0.25, 0.3) is 0 Å². The molecule has 0 aromatic heterocycles. The molecule has 5 nitrogen and oxygen atoms in total. The van der Waals surface area contributed by atoms with Crippen LogP contribution in [0.2, 0.25) is 38.3 Å². The first-order valence-corrected chi connectivity index (χ1v) is 17.3. The molecule has 0 fully saturated rings. The van der Waals surface area contributed by atoms with E-state index in [0.717, 1.165) is 32.7 Å². The molecule has 0 aromatic rings. The zero-order valence-electron chi connectivity index (χ0n) is 18.1. The van der Waals surface area contributed by atoms with Gasteiger partial charge in [0.15, 0.2) is 18.1 Å². The van der Waals surface area contributed by atoms with E-state index in [0.29, 0.717) is 6.61 Å². The monoisotopic (exact) mass is 446 g/mol. The first-order chi connectivity index (χ1) is 11.9. The minimum Gasteiger partial charge on any atom is -0.427 e. The quantitative estimate of drug-likeness (QED) is 0.325. The Hall–Kier alpha value is 0.451. The predicted octanol–water partition coefficient (Wildman–Crippen LogP) is 3.71. The van der Waals surface area contributed by atoms with Crippen LogP contribution in [0.15, 0.2) is 0 Å². The summed E-state index contributed by atoms with van der Waals surface area (Å²) >= 11 is 0. The normalized spacial score (nSPS) is 10.7. The maximum Gasteiger partial charge on any atom is 0.186 e. The average molecular weight is 447 g/mol. The van der Waals surface area contributed by atoms with E-state index in [4.69, 9.17) is 19.0 Å². The smallest absolute Gasteiger partial charge is 0.186 e. The lowest BCUT2D eigenvalue weighted by atomic mass is 10.5. The Morgan fingerprint density at radius 2 is 1.41 bits per heavy atom. The fourth-order valence-electron chi connectivity index (χ4n) is 1.57. The van der Waals surface area contributed by atoms with Crippen LogP contribution in [0.1, 0.15) is 41.0 Å². The molecule has 0 amide bonds. The zero-order chi connectivity index (χ0) is 19.8. The van der Waals surface area contributed by atoms with E-state index >= 15 is 0 Å². The van der Waals surface area contributed by atoms with Gasteiger partial charge in [0.05, 0.1) is 13.2 Å². The van der Waals surface area contributed by atoms with E-state index < -0.39 is 8.32 Å². The van der Waals surface area contributed by atoms with Crippen LogP contribution in [0.3, 0.4) is 0 Å². The summed E-state index contributed by atoms with van der Waals surface area (Å²) in [5.41, 5.74) is 0. The maximum atomic E-state index is 8.31. The van der Waals surface area contributed by atoms with Crippen molar-refractivity contribution in [3.63, 3.8) is 0 Å². The fraction of sp³-hybridized carbons (Fsp3) is 1.00. The number of aliphatic hydroxyl groups is 1. The number of hydrogen-bond acceptors (Lipinski definition) is 5. The molecule has 8 heteroatoms. The summed E-state index contributed by atoms with van der Waals surface area (Å²) < 4.78 is 20.6. The second-order valence-electron chi connectivity index (χ2n) is 6.30. The molecule has 0 aliphatic heterocycles. The Morgan fingerprint density at radius 3 is 1.81 bits per heavy atom. The molecule has 0 unspecified atom stereocenters. The summed E-state index contributed by atoms with van der Waals surface area (Å²) in [6, 6.07) is 2.57. The summed E-state index contributed by atoms with van der Waals surface area (Å²) in [6.45, 7) is 14.3. The lowest BCUT2D eigenvalue weighted by Gasteiger charge is -2.19. The predicted molar refractivity (Wildman–Crippen MR) is 132 cm³/mol.